The van der Waals surface area contributed by atoms with Crippen LogP contribution in [0, 0.1) is 21.8 Å². The summed E-state index contributed by atoms with van der Waals surface area (Å²) in [6.45, 7) is 6.70. The number of ether oxygens (including phenoxy) is 1. The van der Waals surface area contributed by atoms with Crippen molar-refractivity contribution in [2.24, 2.45) is 5.92 Å². The SMILES string of the molecule is CCOP(=O)(OCC)c1c(NC(=O)[C@H](NC(=O)OCc2ccccc2)C(C)C)oc(-c2ccccc2)c(C#N)c1=S. The van der Waals surface area contributed by atoms with Crippen LogP contribution in [-0.4, -0.2) is 31.3 Å². The van der Waals surface area contributed by atoms with Crippen LogP contribution in [0.5, 0.6) is 0 Å². The molecule has 1 heterocycles. The van der Waals surface area contributed by atoms with E-state index in [9.17, 15) is 19.4 Å². The predicted molar refractivity (Wildman–Crippen MR) is 157 cm³/mol. The van der Waals surface area contributed by atoms with Crippen molar-refractivity contribution in [1.29, 1.82) is 5.26 Å². The minimum absolute atomic E-state index is 0.00874. The van der Waals surface area contributed by atoms with E-state index < -0.39 is 25.6 Å². The summed E-state index contributed by atoms with van der Waals surface area (Å²) in [5, 5.41) is 14.9. The second-order valence-corrected chi connectivity index (χ2v) is 11.4. The number of alkyl carbamates (subject to hydrolysis) is 1. The van der Waals surface area contributed by atoms with Crippen LogP contribution in [0.1, 0.15) is 38.8 Å². The normalized spacial score (nSPS) is 11.9. The number of hydrogen-bond acceptors (Lipinski definition) is 9. The number of rotatable bonds is 12. The number of nitrogens with zero attached hydrogens (tertiary/aromatic N) is 1. The first kappa shape index (κ1) is 31.7. The summed E-state index contributed by atoms with van der Waals surface area (Å²) in [5.41, 5.74) is 1.22. The highest BCUT2D eigenvalue weighted by molar-refractivity contribution is 7.73. The van der Waals surface area contributed by atoms with E-state index in [1.807, 2.05) is 24.3 Å². The quantitative estimate of drug-likeness (QED) is 0.181. The maximum absolute atomic E-state index is 13.9. The lowest BCUT2D eigenvalue weighted by molar-refractivity contribution is -0.119. The first-order valence-electron chi connectivity index (χ1n) is 13.0. The summed E-state index contributed by atoms with van der Waals surface area (Å²) < 4.78 is 36.1. The molecule has 0 aliphatic heterocycles. The van der Waals surface area contributed by atoms with E-state index >= 15 is 0 Å². The van der Waals surface area contributed by atoms with Crippen LogP contribution in [0.25, 0.3) is 11.3 Å². The Kier molecular flexibility index (Phi) is 11.4. The van der Waals surface area contributed by atoms with Crippen LogP contribution >= 0.6 is 19.8 Å². The van der Waals surface area contributed by atoms with Crippen molar-refractivity contribution in [3.63, 3.8) is 0 Å². The summed E-state index contributed by atoms with van der Waals surface area (Å²) in [6, 6.07) is 18.7. The van der Waals surface area contributed by atoms with Crippen LogP contribution < -0.4 is 15.9 Å². The summed E-state index contributed by atoms with van der Waals surface area (Å²) in [7, 11) is -4.16. The lowest BCUT2D eigenvalue weighted by Gasteiger charge is -2.24. The molecule has 1 atom stereocenters. The Balaban J connectivity index is 2.04. The molecule has 2 amide bonds. The fourth-order valence-corrected chi connectivity index (χ4v) is 6.17. The molecule has 0 radical (unpaired) electrons. The molecule has 216 valence electrons. The molecule has 0 fully saturated rings. The minimum Gasteiger partial charge on any atom is -0.445 e. The number of nitrogens with one attached hydrogen (secondary N) is 2. The molecule has 0 spiro atoms. The first-order valence-corrected chi connectivity index (χ1v) is 14.9. The standard InChI is InChI=1S/C29H32N3O7PS/c1-5-37-40(35,38-6-2)25-26(41)22(17-30)24(21-15-11-8-12-16-21)39-28(25)32-27(33)23(19(3)4)31-29(34)36-18-20-13-9-7-10-14-20/h7-16,19,23H,5-6,18H2,1-4H3,(H,31,34)(H,32,33)/t23-/m1/s1. The molecule has 12 heteroatoms. The van der Waals surface area contributed by atoms with E-state index in [4.69, 9.17) is 30.4 Å². The van der Waals surface area contributed by atoms with E-state index in [0.29, 0.717) is 5.56 Å². The minimum atomic E-state index is -4.16. The number of hydrogen-bond donors (Lipinski definition) is 2. The molecule has 41 heavy (non-hydrogen) atoms. The van der Waals surface area contributed by atoms with Crippen molar-refractivity contribution in [3.05, 3.63) is 76.3 Å². The second kappa shape index (κ2) is 14.7. The third-order valence-corrected chi connectivity index (χ3v) is 8.51. The fraction of sp³-hybridized carbons (Fsp3) is 0.310. The highest BCUT2D eigenvalue weighted by atomic mass is 32.1. The van der Waals surface area contributed by atoms with Crippen molar-refractivity contribution in [2.75, 3.05) is 18.5 Å². The van der Waals surface area contributed by atoms with Gasteiger partial charge < -0.3 is 23.5 Å². The van der Waals surface area contributed by atoms with Gasteiger partial charge in [-0.15, -0.1) is 0 Å². The summed E-state index contributed by atoms with van der Waals surface area (Å²) in [4.78, 5) is 26.1. The number of benzene rings is 2. The van der Waals surface area contributed by atoms with Crippen LogP contribution in [0.4, 0.5) is 10.7 Å². The molecule has 0 unspecified atom stereocenters. The monoisotopic (exact) mass is 597 g/mol. The topological polar surface area (TPSA) is 140 Å². The highest BCUT2D eigenvalue weighted by Crippen LogP contribution is 2.50. The van der Waals surface area contributed by atoms with E-state index in [-0.39, 0.29) is 52.8 Å². The van der Waals surface area contributed by atoms with E-state index in [2.05, 4.69) is 10.6 Å². The molecular weight excluding hydrogens is 565 g/mol. The Morgan fingerprint density at radius 3 is 2.15 bits per heavy atom. The largest absolute Gasteiger partial charge is 0.445 e. The van der Waals surface area contributed by atoms with Gasteiger partial charge >= 0.3 is 13.7 Å². The van der Waals surface area contributed by atoms with Crippen LogP contribution in [-0.2, 0) is 29.8 Å². The number of carbonyl (C=O) groups excluding carboxylic acids is 2. The third-order valence-electron chi connectivity index (χ3n) is 5.78. The lowest BCUT2D eigenvalue weighted by atomic mass is 10.0. The average molecular weight is 598 g/mol. The number of amides is 2. The number of anilines is 1. The maximum Gasteiger partial charge on any atom is 0.408 e. The molecule has 2 aromatic carbocycles. The van der Waals surface area contributed by atoms with Crippen molar-refractivity contribution in [2.45, 2.75) is 40.3 Å². The molecule has 1 aromatic heterocycles. The van der Waals surface area contributed by atoms with Crippen molar-refractivity contribution in [1.82, 2.24) is 5.32 Å². The first-order chi connectivity index (χ1) is 19.6. The third kappa shape index (κ3) is 7.90. The lowest BCUT2D eigenvalue weighted by Crippen LogP contribution is -2.47. The fourth-order valence-electron chi connectivity index (χ4n) is 3.88. The molecule has 0 aliphatic rings. The zero-order valence-corrected chi connectivity index (χ0v) is 24.9. The van der Waals surface area contributed by atoms with Gasteiger partial charge in [0.05, 0.1) is 17.7 Å². The van der Waals surface area contributed by atoms with Gasteiger partial charge in [-0.05, 0) is 25.3 Å². The van der Waals surface area contributed by atoms with Gasteiger partial charge in [-0.2, -0.15) is 5.26 Å². The Morgan fingerprint density at radius 1 is 1.02 bits per heavy atom. The average Bonchev–Trinajstić information content (AvgIpc) is 2.95. The molecule has 3 aromatic rings. The Bertz CT molecular complexity index is 1490. The maximum atomic E-state index is 13.9. The molecule has 2 N–H and O–H groups in total. The highest BCUT2D eigenvalue weighted by Gasteiger charge is 2.37. The van der Waals surface area contributed by atoms with Crippen molar-refractivity contribution >= 4 is 43.0 Å². The van der Waals surface area contributed by atoms with Crippen LogP contribution in [0.3, 0.4) is 0 Å². The molecule has 0 bridgehead atoms. The van der Waals surface area contributed by atoms with Gasteiger partial charge in [-0.25, -0.2) is 4.79 Å². The van der Waals surface area contributed by atoms with Gasteiger partial charge in [-0.3, -0.25) is 14.7 Å². The summed E-state index contributed by atoms with van der Waals surface area (Å²) in [6.07, 6.45) is -0.803. The zero-order chi connectivity index (χ0) is 30.0. The van der Waals surface area contributed by atoms with Gasteiger partial charge in [0, 0.05) is 5.56 Å². The Morgan fingerprint density at radius 2 is 1.61 bits per heavy atom. The smallest absolute Gasteiger partial charge is 0.408 e. The zero-order valence-electron chi connectivity index (χ0n) is 23.2. The molecule has 0 saturated carbocycles. The molecule has 0 aliphatic carbocycles. The predicted octanol–water partition coefficient (Wildman–Crippen LogP) is 6.33. The molecule has 3 rings (SSSR count). The Labute approximate surface area is 244 Å². The van der Waals surface area contributed by atoms with E-state index in [1.54, 1.807) is 70.2 Å². The molecule has 10 nitrogen and oxygen atoms in total. The number of carbonyl (C=O) groups is 2. The van der Waals surface area contributed by atoms with Crippen LogP contribution in [0.2, 0.25) is 0 Å². The molecule has 0 saturated heterocycles. The van der Waals surface area contributed by atoms with Gasteiger partial charge in [0.15, 0.2) is 5.76 Å². The van der Waals surface area contributed by atoms with Crippen molar-refractivity contribution < 1.29 is 32.4 Å². The summed E-state index contributed by atoms with van der Waals surface area (Å²) >= 11 is 5.61. The second-order valence-electron chi connectivity index (χ2n) is 9.04. The number of nitriles is 1. The van der Waals surface area contributed by atoms with Gasteiger partial charge in [0.25, 0.3) is 0 Å². The summed E-state index contributed by atoms with van der Waals surface area (Å²) in [5.74, 6) is -1.33. The molecular formula is C29H32N3O7PS. The van der Waals surface area contributed by atoms with Gasteiger partial charge in [0.2, 0.25) is 11.8 Å². The Hall–Kier alpha value is -3.81. The van der Waals surface area contributed by atoms with Gasteiger partial charge in [-0.1, -0.05) is 86.7 Å². The van der Waals surface area contributed by atoms with Crippen LogP contribution in [0.15, 0.2) is 65.1 Å². The van der Waals surface area contributed by atoms with E-state index in [1.165, 1.54) is 0 Å². The van der Waals surface area contributed by atoms with E-state index in [0.717, 1.165) is 5.56 Å². The van der Waals surface area contributed by atoms with Crippen molar-refractivity contribution in [3.8, 4) is 17.4 Å². The van der Waals surface area contributed by atoms with Gasteiger partial charge in [0.1, 0.15) is 29.6 Å².